The lowest BCUT2D eigenvalue weighted by Gasteiger charge is -2.41. The molecule has 0 unspecified atom stereocenters. The van der Waals surface area contributed by atoms with Gasteiger partial charge in [0.25, 0.3) is 0 Å². The van der Waals surface area contributed by atoms with Gasteiger partial charge in [-0.3, -0.25) is 9.79 Å². The molecule has 0 spiro atoms. The zero-order valence-electron chi connectivity index (χ0n) is 17.3. The number of rotatable bonds is 9. The molecular weight excluding hydrogens is 475 g/mol. The summed E-state index contributed by atoms with van der Waals surface area (Å²) in [6.07, 6.45) is 7.52. The highest BCUT2D eigenvalue weighted by atomic mass is 127. The van der Waals surface area contributed by atoms with E-state index in [1.807, 2.05) is 12.3 Å². The molecule has 1 heterocycles. The number of nitrogens with one attached hydrogen (secondary N) is 2. The standard InChI is InChI=1S/C23H32N4O.HI/c1-2-24-22(25-16-7-9-18-27-17-8-6-13-21(27)28)26-19-23(14-10-15-23)20-11-4-3-5-12-20;/h3-6,8,11-13,17H,2,7,9-10,14-16,18-19H2,1H3,(H2,24,25,26);1H. The van der Waals surface area contributed by atoms with Crippen LogP contribution in [0, 0.1) is 0 Å². The van der Waals surface area contributed by atoms with Crippen LogP contribution in [0.15, 0.2) is 64.5 Å². The Labute approximate surface area is 191 Å². The average molecular weight is 508 g/mol. The summed E-state index contributed by atoms with van der Waals surface area (Å²) >= 11 is 0. The van der Waals surface area contributed by atoms with Gasteiger partial charge in [0.15, 0.2) is 5.96 Å². The quantitative estimate of drug-likeness (QED) is 0.234. The van der Waals surface area contributed by atoms with Crippen molar-refractivity contribution in [3.8, 4) is 0 Å². The Bertz CT molecular complexity index is 815. The fourth-order valence-corrected chi connectivity index (χ4v) is 3.76. The molecule has 2 N–H and O–H groups in total. The summed E-state index contributed by atoms with van der Waals surface area (Å²) in [7, 11) is 0. The molecule has 0 saturated heterocycles. The fraction of sp³-hybridized carbons (Fsp3) is 0.478. The van der Waals surface area contributed by atoms with Crippen LogP contribution in [0.25, 0.3) is 0 Å². The molecule has 3 rings (SSSR count). The van der Waals surface area contributed by atoms with Crippen molar-refractivity contribution in [3.05, 3.63) is 70.6 Å². The smallest absolute Gasteiger partial charge is 0.250 e. The number of unbranched alkanes of at least 4 members (excludes halogenated alkanes) is 1. The van der Waals surface area contributed by atoms with Gasteiger partial charge >= 0.3 is 0 Å². The summed E-state index contributed by atoms with van der Waals surface area (Å²) < 4.78 is 1.76. The molecule has 1 aliphatic rings. The summed E-state index contributed by atoms with van der Waals surface area (Å²) in [6.45, 7) is 5.38. The van der Waals surface area contributed by atoms with Gasteiger partial charge in [-0.05, 0) is 44.2 Å². The first-order chi connectivity index (χ1) is 13.7. The predicted octanol–water partition coefficient (Wildman–Crippen LogP) is 3.92. The van der Waals surface area contributed by atoms with Crippen molar-refractivity contribution < 1.29 is 0 Å². The van der Waals surface area contributed by atoms with Gasteiger partial charge in [-0.1, -0.05) is 42.8 Å². The molecule has 29 heavy (non-hydrogen) atoms. The van der Waals surface area contributed by atoms with E-state index in [9.17, 15) is 4.79 Å². The molecule has 0 aliphatic heterocycles. The zero-order chi connectivity index (χ0) is 19.7. The molecule has 1 aromatic heterocycles. The van der Waals surface area contributed by atoms with E-state index < -0.39 is 0 Å². The lowest BCUT2D eigenvalue weighted by molar-refractivity contribution is 0.253. The van der Waals surface area contributed by atoms with Crippen LogP contribution in [-0.2, 0) is 12.0 Å². The minimum atomic E-state index is 0. The Balaban J connectivity index is 0.00000300. The molecule has 5 nitrogen and oxygen atoms in total. The van der Waals surface area contributed by atoms with Crippen LogP contribution in [0.3, 0.4) is 0 Å². The maximum Gasteiger partial charge on any atom is 0.250 e. The van der Waals surface area contributed by atoms with Gasteiger partial charge in [0, 0.05) is 37.3 Å². The summed E-state index contributed by atoms with van der Waals surface area (Å²) in [5, 5.41) is 6.80. The topological polar surface area (TPSA) is 58.4 Å². The first-order valence-electron chi connectivity index (χ1n) is 10.5. The Kier molecular flexibility index (Phi) is 9.70. The molecule has 1 aliphatic carbocycles. The lowest BCUT2D eigenvalue weighted by atomic mass is 9.64. The number of aromatic nitrogens is 1. The largest absolute Gasteiger partial charge is 0.357 e. The molecule has 2 aromatic rings. The second-order valence-electron chi connectivity index (χ2n) is 7.56. The van der Waals surface area contributed by atoms with Crippen LogP contribution in [0.2, 0.25) is 0 Å². The van der Waals surface area contributed by atoms with Crippen LogP contribution in [0.5, 0.6) is 0 Å². The summed E-state index contributed by atoms with van der Waals surface area (Å²) in [5.41, 5.74) is 1.68. The summed E-state index contributed by atoms with van der Waals surface area (Å²) in [6, 6.07) is 16.1. The van der Waals surface area contributed by atoms with Crippen LogP contribution in [0.4, 0.5) is 0 Å². The SMILES string of the molecule is CCNC(=NCC1(c2ccccc2)CCC1)NCCCCn1ccccc1=O.I. The predicted molar refractivity (Wildman–Crippen MR) is 131 cm³/mol. The first-order valence-corrected chi connectivity index (χ1v) is 10.5. The number of pyridine rings is 1. The van der Waals surface area contributed by atoms with E-state index in [2.05, 4.69) is 47.9 Å². The van der Waals surface area contributed by atoms with Crippen molar-refractivity contribution in [3.63, 3.8) is 0 Å². The molecule has 1 saturated carbocycles. The minimum Gasteiger partial charge on any atom is -0.357 e. The van der Waals surface area contributed by atoms with Gasteiger partial charge in [-0.25, -0.2) is 0 Å². The van der Waals surface area contributed by atoms with Crippen molar-refractivity contribution >= 4 is 29.9 Å². The van der Waals surface area contributed by atoms with Gasteiger partial charge in [-0.15, -0.1) is 24.0 Å². The fourth-order valence-electron chi connectivity index (χ4n) is 3.76. The van der Waals surface area contributed by atoms with Crippen LogP contribution in [0.1, 0.15) is 44.6 Å². The Hall–Kier alpha value is -1.83. The Morgan fingerprint density at radius 1 is 1.07 bits per heavy atom. The minimum absolute atomic E-state index is 0. The molecule has 0 radical (unpaired) electrons. The number of hydrogen-bond donors (Lipinski definition) is 2. The van der Waals surface area contributed by atoms with Crippen molar-refractivity contribution in [1.29, 1.82) is 0 Å². The van der Waals surface area contributed by atoms with E-state index >= 15 is 0 Å². The molecular formula is C23H33IN4O. The summed E-state index contributed by atoms with van der Waals surface area (Å²) in [5.74, 6) is 0.890. The van der Waals surface area contributed by atoms with Crippen LogP contribution < -0.4 is 16.2 Å². The molecule has 6 heteroatoms. The van der Waals surface area contributed by atoms with Crippen LogP contribution >= 0.6 is 24.0 Å². The van der Waals surface area contributed by atoms with Crippen molar-refractivity contribution in [2.24, 2.45) is 4.99 Å². The van der Waals surface area contributed by atoms with Gasteiger partial charge in [0.1, 0.15) is 0 Å². The van der Waals surface area contributed by atoms with Gasteiger partial charge in [0.05, 0.1) is 6.54 Å². The number of aliphatic imine (C=N–C) groups is 1. The third-order valence-electron chi connectivity index (χ3n) is 5.60. The third kappa shape index (κ3) is 6.59. The third-order valence-corrected chi connectivity index (χ3v) is 5.60. The Morgan fingerprint density at radius 3 is 2.48 bits per heavy atom. The highest BCUT2D eigenvalue weighted by Crippen LogP contribution is 2.43. The first kappa shape index (κ1) is 23.4. The average Bonchev–Trinajstić information content (AvgIpc) is 2.69. The van der Waals surface area contributed by atoms with E-state index in [1.165, 1.54) is 24.8 Å². The number of aryl methyl sites for hydroxylation is 1. The zero-order valence-corrected chi connectivity index (χ0v) is 19.6. The normalized spacial score (nSPS) is 15.1. The van der Waals surface area contributed by atoms with E-state index in [4.69, 9.17) is 4.99 Å². The number of hydrogen-bond acceptors (Lipinski definition) is 2. The molecule has 0 bridgehead atoms. The van der Waals surface area contributed by atoms with Crippen molar-refractivity contribution in [1.82, 2.24) is 15.2 Å². The maximum atomic E-state index is 11.7. The molecule has 1 aromatic carbocycles. The van der Waals surface area contributed by atoms with Gasteiger partial charge in [0.2, 0.25) is 5.56 Å². The molecule has 0 amide bonds. The molecule has 158 valence electrons. The lowest BCUT2D eigenvalue weighted by Crippen LogP contribution is -2.42. The number of benzene rings is 1. The van der Waals surface area contributed by atoms with E-state index in [0.717, 1.165) is 45.0 Å². The highest BCUT2D eigenvalue weighted by Gasteiger charge is 2.38. The van der Waals surface area contributed by atoms with Crippen molar-refractivity contribution in [2.45, 2.75) is 51.0 Å². The number of guanidine groups is 1. The second-order valence-corrected chi connectivity index (χ2v) is 7.56. The maximum absolute atomic E-state index is 11.7. The monoisotopic (exact) mass is 508 g/mol. The van der Waals surface area contributed by atoms with E-state index in [0.29, 0.717) is 0 Å². The van der Waals surface area contributed by atoms with E-state index in [-0.39, 0.29) is 35.0 Å². The Morgan fingerprint density at radius 2 is 1.83 bits per heavy atom. The molecule has 1 fully saturated rings. The van der Waals surface area contributed by atoms with Crippen molar-refractivity contribution in [2.75, 3.05) is 19.6 Å². The molecule has 0 atom stereocenters. The van der Waals surface area contributed by atoms with Gasteiger partial charge < -0.3 is 15.2 Å². The van der Waals surface area contributed by atoms with Gasteiger partial charge in [-0.2, -0.15) is 0 Å². The van der Waals surface area contributed by atoms with Crippen LogP contribution in [-0.4, -0.2) is 30.2 Å². The summed E-state index contributed by atoms with van der Waals surface area (Å²) in [4.78, 5) is 16.6. The number of halogens is 1. The second kappa shape index (κ2) is 12.0. The van der Waals surface area contributed by atoms with E-state index in [1.54, 1.807) is 16.7 Å². The number of nitrogens with zero attached hydrogens (tertiary/aromatic N) is 2. The highest BCUT2D eigenvalue weighted by molar-refractivity contribution is 14.0.